The van der Waals surface area contributed by atoms with Gasteiger partial charge in [-0.15, -0.1) is 5.06 Å². The van der Waals surface area contributed by atoms with E-state index in [1.165, 1.54) is 0 Å². The molecule has 140 valence electrons. The molecule has 0 heterocycles. The molecule has 25 heavy (non-hydrogen) atoms. The van der Waals surface area contributed by atoms with Crippen molar-refractivity contribution in [3.05, 3.63) is 35.9 Å². The lowest BCUT2D eigenvalue weighted by Gasteiger charge is -2.30. The lowest BCUT2D eigenvalue weighted by molar-refractivity contribution is -0.212. The van der Waals surface area contributed by atoms with Crippen LogP contribution in [0, 0.1) is 5.41 Å². The fourth-order valence-electron chi connectivity index (χ4n) is 2.05. The number of rotatable bonds is 6. The fraction of sp³-hybridized carbons (Fsp3) is 0.600. The molecule has 0 saturated heterocycles. The molecule has 0 unspecified atom stereocenters. The zero-order chi connectivity index (χ0) is 19.3. The van der Waals surface area contributed by atoms with Crippen LogP contribution in [0.3, 0.4) is 0 Å². The summed E-state index contributed by atoms with van der Waals surface area (Å²) in [4.78, 5) is 29.9. The average molecular weight is 349 g/mol. The first-order valence-electron chi connectivity index (χ1n) is 8.66. The molecule has 0 fully saturated rings. The highest BCUT2D eigenvalue weighted by Gasteiger charge is 2.29. The number of carbonyl (C=O) groups is 2. The van der Waals surface area contributed by atoms with Crippen LogP contribution in [0.2, 0.25) is 0 Å². The van der Waals surface area contributed by atoms with Crippen molar-refractivity contribution < 1.29 is 19.2 Å². The molecule has 5 nitrogen and oxygen atoms in total. The Balaban J connectivity index is 2.84. The number of esters is 1. The Labute approximate surface area is 151 Å². The second-order valence-electron chi connectivity index (χ2n) is 8.19. The minimum atomic E-state index is -0.624. The molecule has 1 atom stereocenters. The van der Waals surface area contributed by atoms with E-state index in [9.17, 15) is 9.59 Å². The van der Waals surface area contributed by atoms with Crippen LogP contribution in [0.4, 0.5) is 0 Å². The Hall–Kier alpha value is -1.88. The predicted octanol–water partition coefficient (Wildman–Crippen LogP) is 4.29. The first-order chi connectivity index (χ1) is 11.4. The van der Waals surface area contributed by atoms with Gasteiger partial charge >= 0.3 is 11.9 Å². The number of ether oxygens (including phenoxy) is 1. The van der Waals surface area contributed by atoms with Crippen LogP contribution in [0.1, 0.15) is 66.5 Å². The van der Waals surface area contributed by atoms with Gasteiger partial charge in [0.25, 0.3) is 0 Å². The van der Waals surface area contributed by atoms with E-state index in [1.807, 2.05) is 58.0 Å². The summed E-state index contributed by atoms with van der Waals surface area (Å²) in [5, 5.41) is 1.56. The van der Waals surface area contributed by atoms with Gasteiger partial charge < -0.3 is 9.57 Å². The molecule has 1 rings (SSSR count). The summed E-state index contributed by atoms with van der Waals surface area (Å²) < 4.78 is 5.34. The highest BCUT2D eigenvalue weighted by Crippen LogP contribution is 2.24. The van der Waals surface area contributed by atoms with E-state index in [4.69, 9.17) is 9.57 Å². The van der Waals surface area contributed by atoms with Crippen LogP contribution >= 0.6 is 0 Å². The highest BCUT2D eigenvalue weighted by molar-refractivity contribution is 5.75. The molecule has 0 bridgehead atoms. The zero-order valence-corrected chi connectivity index (χ0v) is 16.5. The summed E-state index contributed by atoms with van der Waals surface area (Å²) in [7, 11) is 0. The van der Waals surface area contributed by atoms with Gasteiger partial charge in [-0.2, -0.15) is 0 Å². The Morgan fingerprint density at radius 3 is 2.08 bits per heavy atom. The van der Waals surface area contributed by atoms with Crippen LogP contribution in [0.15, 0.2) is 30.3 Å². The van der Waals surface area contributed by atoms with Crippen molar-refractivity contribution in [2.75, 3.05) is 6.54 Å². The molecule has 0 aromatic heterocycles. The first-order valence-corrected chi connectivity index (χ1v) is 8.66. The van der Waals surface area contributed by atoms with E-state index < -0.39 is 11.0 Å². The maximum atomic E-state index is 12.3. The van der Waals surface area contributed by atoms with Gasteiger partial charge in [-0.3, -0.25) is 4.79 Å². The Bertz CT molecular complexity index is 570. The van der Waals surface area contributed by atoms with Crippen LogP contribution in [0.5, 0.6) is 0 Å². The predicted molar refractivity (Wildman–Crippen MR) is 97.6 cm³/mol. The fourth-order valence-corrected chi connectivity index (χ4v) is 2.05. The molecule has 0 spiro atoms. The number of carbonyl (C=O) groups excluding carboxylic acids is 2. The third kappa shape index (κ3) is 7.69. The van der Waals surface area contributed by atoms with Gasteiger partial charge in [-0.25, -0.2) is 4.79 Å². The largest absolute Gasteiger partial charge is 0.460 e. The quantitative estimate of drug-likeness (QED) is 0.566. The maximum Gasteiger partial charge on any atom is 0.330 e. The summed E-state index contributed by atoms with van der Waals surface area (Å²) >= 11 is 0. The van der Waals surface area contributed by atoms with E-state index in [0.717, 1.165) is 5.56 Å². The number of benzene rings is 1. The molecule has 1 aromatic rings. The van der Waals surface area contributed by atoms with Crippen molar-refractivity contribution in [1.29, 1.82) is 0 Å². The van der Waals surface area contributed by atoms with Crippen LogP contribution in [-0.2, 0) is 19.2 Å². The average Bonchev–Trinajstić information content (AvgIpc) is 2.48. The molecule has 0 aliphatic heterocycles. The number of hydrogen-bond donors (Lipinski definition) is 0. The summed E-state index contributed by atoms with van der Waals surface area (Å²) in [6, 6.07) is 9.57. The monoisotopic (exact) mass is 349 g/mol. The second kappa shape index (κ2) is 8.48. The second-order valence-corrected chi connectivity index (χ2v) is 8.19. The lowest BCUT2D eigenvalue weighted by Crippen LogP contribution is -2.37. The van der Waals surface area contributed by atoms with Crippen LogP contribution in [-0.4, -0.2) is 29.1 Å². The summed E-state index contributed by atoms with van der Waals surface area (Å²) in [6.45, 7) is 13.1. The number of nitrogens with zero attached hydrogens (tertiary/aromatic N) is 1. The Morgan fingerprint density at radius 2 is 1.60 bits per heavy atom. The van der Waals surface area contributed by atoms with Gasteiger partial charge in [0.2, 0.25) is 0 Å². The Kier molecular flexibility index (Phi) is 7.17. The third-order valence-electron chi connectivity index (χ3n) is 3.48. The van der Waals surface area contributed by atoms with Crippen molar-refractivity contribution in [3.63, 3.8) is 0 Å². The minimum absolute atomic E-state index is 0.145. The third-order valence-corrected chi connectivity index (χ3v) is 3.48. The molecule has 0 aliphatic rings. The molecule has 0 aliphatic carbocycles. The van der Waals surface area contributed by atoms with Crippen molar-refractivity contribution in [1.82, 2.24) is 5.06 Å². The zero-order valence-electron chi connectivity index (χ0n) is 16.5. The number of hydroxylamine groups is 2. The molecule has 0 saturated carbocycles. The summed E-state index contributed by atoms with van der Waals surface area (Å²) in [5.41, 5.74) is -0.149. The van der Waals surface area contributed by atoms with E-state index in [-0.39, 0.29) is 30.9 Å². The van der Waals surface area contributed by atoms with Crippen molar-refractivity contribution in [2.24, 2.45) is 5.41 Å². The van der Waals surface area contributed by atoms with E-state index in [1.54, 1.807) is 25.8 Å². The molecule has 1 aromatic carbocycles. The molecule has 5 heteroatoms. The standard InChI is InChI=1S/C20H31NO4/c1-15(16-11-9-8-10-12-16)21(25-18(23)19(2,3)4)14-13-17(22)24-20(5,6)7/h8-12,15H,13-14H2,1-7H3/t15-/m0/s1. The van der Waals surface area contributed by atoms with Gasteiger partial charge in [0.05, 0.1) is 17.9 Å². The van der Waals surface area contributed by atoms with Crippen molar-refractivity contribution in [3.8, 4) is 0 Å². The van der Waals surface area contributed by atoms with E-state index >= 15 is 0 Å². The van der Waals surface area contributed by atoms with Crippen molar-refractivity contribution >= 4 is 11.9 Å². The summed E-state index contributed by atoms with van der Waals surface area (Å²) in [6.07, 6.45) is 0.145. The van der Waals surface area contributed by atoms with Crippen LogP contribution < -0.4 is 0 Å². The van der Waals surface area contributed by atoms with Gasteiger partial charge in [0.1, 0.15) is 5.60 Å². The normalized spacial score (nSPS) is 13.4. The molecular formula is C20H31NO4. The van der Waals surface area contributed by atoms with E-state index in [2.05, 4.69) is 0 Å². The lowest BCUT2D eigenvalue weighted by atomic mass is 9.98. The Morgan fingerprint density at radius 1 is 1.04 bits per heavy atom. The first kappa shape index (κ1) is 21.2. The van der Waals surface area contributed by atoms with Crippen LogP contribution in [0.25, 0.3) is 0 Å². The molecule has 0 N–H and O–H groups in total. The summed E-state index contributed by atoms with van der Waals surface area (Å²) in [5.74, 6) is -0.649. The van der Waals surface area contributed by atoms with Gasteiger partial charge in [0.15, 0.2) is 0 Å². The highest BCUT2D eigenvalue weighted by atomic mass is 16.7. The van der Waals surface area contributed by atoms with E-state index in [0.29, 0.717) is 0 Å². The molecule has 0 amide bonds. The van der Waals surface area contributed by atoms with Gasteiger partial charge in [-0.05, 0) is 54.0 Å². The smallest absolute Gasteiger partial charge is 0.330 e. The molecular weight excluding hydrogens is 318 g/mol. The van der Waals surface area contributed by atoms with Crippen molar-refractivity contribution in [2.45, 2.75) is 66.5 Å². The SMILES string of the molecule is C[C@@H](c1ccccc1)N(CCC(=O)OC(C)(C)C)OC(=O)C(C)(C)C. The molecule has 0 radical (unpaired) electrons. The maximum absolute atomic E-state index is 12.3. The topological polar surface area (TPSA) is 55.8 Å². The van der Waals surface area contributed by atoms with Gasteiger partial charge in [0, 0.05) is 6.54 Å². The van der Waals surface area contributed by atoms with Gasteiger partial charge in [-0.1, -0.05) is 30.3 Å². The minimum Gasteiger partial charge on any atom is -0.460 e. The number of hydrogen-bond acceptors (Lipinski definition) is 5.